The lowest BCUT2D eigenvalue weighted by atomic mass is 10.0. The van der Waals surface area contributed by atoms with Gasteiger partial charge in [-0.1, -0.05) is 19.4 Å². The van der Waals surface area contributed by atoms with E-state index in [2.05, 4.69) is 6.92 Å². The van der Waals surface area contributed by atoms with Crippen molar-refractivity contribution in [3.05, 3.63) is 29.3 Å². The highest BCUT2D eigenvalue weighted by Gasteiger charge is 2.35. The molecule has 2 N–H and O–H groups in total. The number of amides is 1. The number of unbranched alkanes of at least 4 members (excludes halogenated alkanes) is 1. The van der Waals surface area contributed by atoms with Gasteiger partial charge in [0.15, 0.2) is 9.84 Å². The number of nitrogen functional groups attached to an aromatic ring is 1. The Bertz CT molecular complexity index is 661. The molecule has 1 aromatic carbocycles. The third kappa shape index (κ3) is 4.85. The molecule has 0 aromatic heterocycles. The lowest BCUT2D eigenvalue weighted by Gasteiger charge is -2.29. The molecule has 1 fully saturated rings. The number of nitrogens with two attached hydrogens (primary N) is 1. The minimum Gasteiger partial charge on any atom is -0.399 e. The Morgan fingerprint density at radius 3 is 2.65 bits per heavy atom. The molecular formula is C16H25ClN2O3S. The molecule has 0 bridgehead atoms. The molecule has 0 radical (unpaired) electrons. The summed E-state index contributed by atoms with van der Waals surface area (Å²) in [4.78, 5) is 14.6. The van der Waals surface area contributed by atoms with Crippen LogP contribution in [0.5, 0.6) is 0 Å². The van der Waals surface area contributed by atoms with Gasteiger partial charge < -0.3 is 10.6 Å². The molecule has 7 heteroatoms. The molecule has 1 unspecified atom stereocenters. The predicted molar refractivity (Wildman–Crippen MR) is 95.8 cm³/mol. The fraction of sp³-hybridized carbons (Fsp3) is 0.562. The Hall–Kier alpha value is -1.27. The largest absolute Gasteiger partial charge is 0.399 e. The summed E-state index contributed by atoms with van der Waals surface area (Å²) in [6.45, 7) is 4.51. The first-order chi connectivity index (χ1) is 10.3. The number of nitrogens with zero attached hydrogens (tertiary/aromatic N) is 1. The van der Waals surface area contributed by atoms with Gasteiger partial charge in [-0.2, -0.15) is 0 Å². The van der Waals surface area contributed by atoms with Gasteiger partial charge in [-0.3, -0.25) is 4.79 Å². The van der Waals surface area contributed by atoms with Crippen molar-refractivity contribution in [3.63, 3.8) is 0 Å². The molecule has 1 atom stereocenters. The Morgan fingerprint density at radius 2 is 2.09 bits per heavy atom. The fourth-order valence-corrected chi connectivity index (χ4v) is 4.56. The molecule has 1 aliphatic rings. The molecule has 5 nitrogen and oxygen atoms in total. The van der Waals surface area contributed by atoms with Crippen molar-refractivity contribution in [1.29, 1.82) is 0 Å². The topological polar surface area (TPSA) is 80.5 Å². The standard InChI is InChI=1S/C16H24N2O3S.ClH/c1-3-4-8-18(14-7-9-22(20,21)11-14)16(19)15-10-13(17)6-5-12(15)2;/h5-6,10,14H,3-4,7-9,11,17H2,1-2H3;1H. The number of aryl methyl sites for hydroxylation is 1. The van der Waals surface area contributed by atoms with Crippen LogP contribution in [0.4, 0.5) is 5.69 Å². The van der Waals surface area contributed by atoms with Crippen molar-refractivity contribution in [1.82, 2.24) is 4.90 Å². The summed E-state index contributed by atoms with van der Waals surface area (Å²) in [5.74, 6) is 0.133. The predicted octanol–water partition coefficient (Wildman–Crippen LogP) is 2.43. The van der Waals surface area contributed by atoms with Gasteiger partial charge in [0, 0.05) is 23.8 Å². The number of hydrogen-bond donors (Lipinski definition) is 1. The summed E-state index contributed by atoms with van der Waals surface area (Å²) in [6.07, 6.45) is 2.35. The van der Waals surface area contributed by atoms with Crippen LogP contribution in [0.3, 0.4) is 0 Å². The maximum Gasteiger partial charge on any atom is 0.254 e. The van der Waals surface area contributed by atoms with Crippen molar-refractivity contribution in [3.8, 4) is 0 Å². The quantitative estimate of drug-likeness (QED) is 0.818. The molecule has 1 amide bonds. The Kier molecular flexibility index (Phi) is 6.89. The van der Waals surface area contributed by atoms with Crippen LogP contribution in [0, 0.1) is 6.92 Å². The van der Waals surface area contributed by atoms with Crippen molar-refractivity contribution in [2.75, 3.05) is 23.8 Å². The van der Waals surface area contributed by atoms with Crippen LogP contribution in [0.1, 0.15) is 42.1 Å². The van der Waals surface area contributed by atoms with Crippen LogP contribution < -0.4 is 5.73 Å². The smallest absolute Gasteiger partial charge is 0.254 e. The van der Waals surface area contributed by atoms with E-state index in [4.69, 9.17) is 5.73 Å². The van der Waals surface area contributed by atoms with E-state index in [1.54, 1.807) is 17.0 Å². The van der Waals surface area contributed by atoms with Crippen molar-refractivity contribution < 1.29 is 13.2 Å². The maximum atomic E-state index is 12.9. The van der Waals surface area contributed by atoms with Gasteiger partial charge in [0.05, 0.1) is 11.5 Å². The molecule has 0 saturated carbocycles. The maximum absolute atomic E-state index is 12.9. The van der Waals surface area contributed by atoms with Crippen molar-refractivity contribution in [2.45, 2.75) is 39.2 Å². The van der Waals surface area contributed by atoms with E-state index in [-0.39, 0.29) is 35.9 Å². The summed E-state index contributed by atoms with van der Waals surface area (Å²) in [7, 11) is -3.02. The number of carbonyl (C=O) groups excluding carboxylic acids is 1. The van der Waals surface area contributed by atoms with Crippen LogP contribution in [-0.2, 0) is 9.84 Å². The number of sulfone groups is 1. The summed E-state index contributed by atoms with van der Waals surface area (Å²) < 4.78 is 23.5. The summed E-state index contributed by atoms with van der Waals surface area (Å²) in [5.41, 5.74) is 7.77. The van der Waals surface area contributed by atoms with Crippen LogP contribution in [0.2, 0.25) is 0 Å². The van der Waals surface area contributed by atoms with Gasteiger partial charge in [-0.25, -0.2) is 8.42 Å². The van der Waals surface area contributed by atoms with E-state index in [9.17, 15) is 13.2 Å². The third-order valence-electron chi connectivity index (χ3n) is 4.15. The SMILES string of the molecule is CCCCN(C(=O)c1cc(N)ccc1C)C1CCS(=O)(=O)C1.Cl. The molecular weight excluding hydrogens is 336 g/mol. The van der Waals surface area contributed by atoms with Crippen LogP contribution in [-0.4, -0.2) is 43.3 Å². The molecule has 1 aromatic rings. The first-order valence-electron chi connectivity index (χ1n) is 7.71. The van der Waals surface area contributed by atoms with Gasteiger partial charge in [-0.05, 0) is 37.5 Å². The molecule has 130 valence electrons. The lowest BCUT2D eigenvalue weighted by Crippen LogP contribution is -2.42. The minimum atomic E-state index is -3.02. The first kappa shape index (κ1) is 19.8. The Morgan fingerprint density at radius 1 is 1.39 bits per heavy atom. The normalized spacial score (nSPS) is 19.1. The highest BCUT2D eigenvalue weighted by molar-refractivity contribution is 7.91. The van der Waals surface area contributed by atoms with E-state index >= 15 is 0 Å². The highest BCUT2D eigenvalue weighted by Crippen LogP contribution is 2.23. The van der Waals surface area contributed by atoms with Crippen LogP contribution in [0.25, 0.3) is 0 Å². The fourth-order valence-electron chi connectivity index (χ4n) is 2.82. The molecule has 1 heterocycles. The Balaban J connectivity index is 0.00000264. The highest BCUT2D eigenvalue weighted by atomic mass is 35.5. The monoisotopic (exact) mass is 360 g/mol. The van der Waals surface area contributed by atoms with E-state index in [1.165, 1.54) is 0 Å². The number of carbonyl (C=O) groups is 1. The van der Waals surface area contributed by atoms with Crippen molar-refractivity contribution in [2.24, 2.45) is 0 Å². The number of anilines is 1. The van der Waals surface area contributed by atoms with Crippen LogP contribution in [0.15, 0.2) is 18.2 Å². The van der Waals surface area contributed by atoms with Gasteiger partial charge in [-0.15, -0.1) is 12.4 Å². The van der Waals surface area contributed by atoms with Gasteiger partial charge in [0.1, 0.15) is 0 Å². The summed E-state index contributed by atoms with van der Waals surface area (Å²) in [6, 6.07) is 5.05. The second-order valence-electron chi connectivity index (χ2n) is 5.98. The zero-order chi connectivity index (χ0) is 16.3. The molecule has 1 aliphatic heterocycles. The first-order valence-corrected chi connectivity index (χ1v) is 9.53. The second kappa shape index (κ2) is 8.02. The molecule has 1 saturated heterocycles. The van der Waals surface area contributed by atoms with Crippen LogP contribution >= 0.6 is 12.4 Å². The summed E-state index contributed by atoms with van der Waals surface area (Å²) in [5, 5.41) is 0. The third-order valence-corrected chi connectivity index (χ3v) is 5.90. The molecule has 0 aliphatic carbocycles. The van der Waals surface area contributed by atoms with Gasteiger partial charge >= 0.3 is 0 Å². The minimum absolute atomic E-state index is 0. The van der Waals surface area contributed by atoms with Crippen molar-refractivity contribution >= 4 is 33.8 Å². The Labute approximate surface area is 144 Å². The number of hydrogen-bond acceptors (Lipinski definition) is 4. The second-order valence-corrected chi connectivity index (χ2v) is 8.21. The van der Waals surface area contributed by atoms with Gasteiger partial charge in [0.2, 0.25) is 0 Å². The number of benzene rings is 1. The average molecular weight is 361 g/mol. The molecule has 0 spiro atoms. The zero-order valence-electron chi connectivity index (χ0n) is 13.6. The zero-order valence-corrected chi connectivity index (χ0v) is 15.3. The number of halogens is 1. The molecule has 2 rings (SSSR count). The van der Waals surface area contributed by atoms with E-state index < -0.39 is 9.84 Å². The number of rotatable bonds is 5. The lowest BCUT2D eigenvalue weighted by molar-refractivity contribution is 0.0693. The van der Waals surface area contributed by atoms with E-state index in [0.29, 0.717) is 24.2 Å². The average Bonchev–Trinajstić information content (AvgIpc) is 2.82. The van der Waals surface area contributed by atoms with E-state index in [0.717, 1.165) is 18.4 Å². The molecule has 23 heavy (non-hydrogen) atoms. The van der Waals surface area contributed by atoms with Gasteiger partial charge in [0.25, 0.3) is 5.91 Å². The summed E-state index contributed by atoms with van der Waals surface area (Å²) >= 11 is 0. The van der Waals surface area contributed by atoms with E-state index in [1.807, 2.05) is 13.0 Å².